The summed E-state index contributed by atoms with van der Waals surface area (Å²) in [6.45, 7) is 0.620. The average molecular weight is 299 g/mol. The minimum atomic E-state index is 0.427. The fraction of sp³-hybridized carbons (Fsp3) is 0.0625. The Bertz CT molecular complexity index is 737. The predicted molar refractivity (Wildman–Crippen MR) is 86.6 cm³/mol. The van der Waals surface area contributed by atoms with Gasteiger partial charge in [-0.1, -0.05) is 54.1 Å². The number of aromatic nitrogens is 2. The summed E-state index contributed by atoms with van der Waals surface area (Å²) in [6.07, 6.45) is 1.88. The molecule has 0 aliphatic carbocycles. The van der Waals surface area contributed by atoms with E-state index in [2.05, 4.69) is 10.4 Å². The monoisotopic (exact) mass is 298 g/mol. The lowest BCUT2D eigenvalue weighted by atomic mass is 10.2. The summed E-state index contributed by atoms with van der Waals surface area (Å²) in [5, 5.41) is 0.720. The summed E-state index contributed by atoms with van der Waals surface area (Å²) in [5.41, 5.74) is 12.1. The van der Waals surface area contributed by atoms with Crippen LogP contribution in [0.1, 0.15) is 5.56 Å². The van der Waals surface area contributed by atoms with Crippen molar-refractivity contribution in [2.24, 2.45) is 0 Å². The van der Waals surface area contributed by atoms with Crippen molar-refractivity contribution >= 4 is 17.5 Å². The molecule has 3 N–H and O–H groups in total. The Hall–Kier alpha value is -2.46. The van der Waals surface area contributed by atoms with E-state index in [1.165, 1.54) is 0 Å². The van der Waals surface area contributed by atoms with E-state index in [0.29, 0.717) is 12.5 Å². The summed E-state index contributed by atoms with van der Waals surface area (Å²) < 4.78 is 1.73. The third-order valence-electron chi connectivity index (χ3n) is 3.15. The van der Waals surface area contributed by atoms with E-state index in [-0.39, 0.29) is 0 Å². The maximum atomic E-state index is 5.97. The number of halogens is 1. The minimum Gasteiger partial charge on any atom is -0.368 e. The van der Waals surface area contributed by atoms with E-state index in [1.807, 2.05) is 60.8 Å². The lowest BCUT2D eigenvalue weighted by Crippen LogP contribution is -2.15. The number of nitrogens with zero attached hydrogens (tertiary/aromatic N) is 2. The molecule has 0 saturated carbocycles. The zero-order valence-electron chi connectivity index (χ0n) is 11.3. The summed E-state index contributed by atoms with van der Waals surface area (Å²) in [5.74, 6) is 0.427. The highest BCUT2D eigenvalue weighted by atomic mass is 35.5. The molecule has 0 spiro atoms. The molecular weight excluding hydrogens is 284 g/mol. The Morgan fingerprint density at radius 3 is 2.67 bits per heavy atom. The van der Waals surface area contributed by atoms with Gasteiger partial charge in [-0.2, -0.15) is 0 Å². The van der Waals surface area contributed by atoms with Gasteiger partial charge >= 0.3 is 0 Å². The molecule has 2 aromatic carbocycles. The van der Waals surface area contributed by atoms with Crippen LogP contribution in [0.15, 0.2) is 60.8 Å². The van der Waals surface area contributed by atoms with Gasteiger partial charge in [-0.25, -0.2) is 9.66 Å². The van der Waals surface area contributed by atoms with E-state index >= 15 is 0 Å². The van der Waals surface area contributed by atoms with Crippen molar-refractivity contribution in [3.05, 3.63) is 71.4 Å². The third kappa shape index (κ3) is 3.17. The van der Waals surface area contributed by atoms with Crippen molar-refractivity contribution < 1.29 is 0 Å². The van der Waals surface area contributed by atoms with Crippen LogP contribution in [0.3, 0.4) is 0 Å². The SMILES string of the molecule is Nc1nc(-c2ccccc2)cn1NCc1cccc(Cl)c1. The Balaban J connectivity index is 1.76. The molecule has 21 heavy (non-hydrogen) atoms. The first-order valence-electron chi connectivity index (χ1n) is 6.61. The van der Waals surface area contributed by atoms with Crippen LogP contribution in [0.5, 0.6) is 0 Å². The molecule has 4 nitrogen and oxygen atoms in total. The molecule has 0 aliphatic heterocycles. The summed E-state index contributed by atoms with van der Waals surface area (Å²) in [6, 6.07) is 17.6. The van der Waals surface area contributed by atoms with E-state index in [9.17, 15) is 0 Å². The van der Waals surface area contributed by atoms with Gasteiger partial charge in [0.1, 0.15) is 0 Å². The van der Waals surface area contributed by atoms with Crippen LogP contribution in [-0.2, 0) is 6.54 Å². The Morgan fingerprint density at radius 2 is 1.90 bits per heavy atom. The number of anilines is 1. The van der Waals surface area contributed by atoms with Gasteiger partial charge in [-0.3, -0.25) is 0 Å². The van der Waals surface area contributed by atoms with Gasteiger partial charge in [0.15, 0.2) is 0 Å². The lowest BCUT2D eigenvalue weighted by molar-refractivity contribution is 0.851. The van der Waals surface area contributed by atoms with Gasteiger partial charge < -0.3 is 11.2 Å². The van der Waals surface area contributed by atoms with Crippen molar-refractivity contribution in [1.82, 2.24) is 9.66 Å². The number of imidazole rings is 1. The molecule has 0 fully saturated rings. The van der Waals surface area contributed by atoms with Crippen LogP contribution < -0.4 is 11.2 Å². The molecule has 0 amide bonds. The van der Waals surface area contributed by atoms with E-state index in [4.69, 9.17) is 17.3 Å². The molecule has 0 saturated heterocycles. The van der Waals surface area contributed by atoms with Crippen LogP contribution in [0.25, 0.3) is 11.3 Å². The van der Waals surface area contributed by atoms with Gasteiger partial charge in [0.05, 0.1) is 18.4 Å². The van der Waals surface area contributed by atoms with Gasteiger partial charge in [-0.05, 0) is 17.7 Å². The molecule has 1 heterocycles. The normalized spacial score (nSPS) is 10.5. The molecule has 0 atom stereocenters. The number of rotatable bonds is 4. The highest BCUT2D eigenvalue weighted by Crippen LogP contribution is 2.18. The summed E-state index contributed by atoms with van der Waals surface area (Å²) in [4.78, 5) is 4.36. The molecule has 3 rings (SSSR count). The van der Waals surface area contributed by atoms with Crippen LogP contribution in [0, 0.1) is 0 Å². The number of nitrogens with one attached hydrogen (secondary N) is 1. The quantitative estimate of drug-likeness (QED) is 0.775. The number of nitrogen functional groups attached to an aromatic ring is 1. The minimum absolute atomic E-state index is 0.427. The molecule has 106 valence electrons. The Kier molecular flexibility index (Phi) is 3.79. The zero-order valence-corrected chi connectivity index (χ0v) is 12.1. The van der Waals surface area contributed by atoms with Crippen LogP contribution in [0.4, 0.5) is 5.95 Å². The maximum absolute atomic E-state index is 5.97. The van der Waals surface area contributed by atoms with E-state index in [1.54, 1.807) is 4.68 Å². The molecule has 3 aromatic rings. The maximum Gasteiger partial charge on any atom is 0.219 e. The first-order chi connectivity index (χ1) is 10.2. The molecule has 1 aromatic heterocycles. The largest absolute Gasteiger partial charge is 0.368 e. The molecule has 0 unspecified atom stereocenters. The number of hydrogen-bond acceptors (Lipinski definition) is 3. The molecule has 0 aliphatic rings. The average Bonchev–Trinajstić information content (AvgIpc) is 2.87. The molecule has 5 heteroatoms. The standard InChI is InChI=1S/C16H15ClN4/c17-14-8-4-5-12(9-14)10-19-21-11-15(20-16(21)18)13-6-2-1-3-7-13/h1-9,11,19H,10H2,(H2,18,20). The Labute approximate surface area is 128 Å². The fourth-order valence-electron chi connectivity index (χ4n) is 2.09. The van der Waals surface area contributed by atoms with Gasteiger partial charge in [-0.15, -0.1) is 0 Å². The first kappa shape index (κ1) is 13.5. The molecule has 0 radical (unpaired) electrons. The smallest absolute Gasteiger partial charge is 0.219 e. The predicted octanol–water partition coefficient (Wildman–Crippen LogP) is 3.53. The van der Waals surface area contributed by atoms with Crippen molar-refractivity contribution in [2.45, 2.75) is 6.54 Å². The van der Waals surface area contributed by atoms with E-state index in [0.717, 1.165) is 21.8 Å². The van der Waals surface area contributed by atoms with Crippen molar-refractivity contribution in [3.8, 4) is 11.3 Å². The van der Waals surface area contributed by atoms with Gasteiger partial charge in [0.25, 0.3) is 0 Å². The second-order valence-corrected chi connectivity index (χ2v) is 5.12. The van der Waals surface area contributed by atoms with E-state index < -0.39 is 0 Å². The summed E-state index contributed by atoms with van der Waals surface area (Å²) in [7, 11) is 0. The third-order valence-corrected chi connectivity index (χ3v) is 3.38. The Morgan fingerprint density at radius 1 is 1.10 bits per heavy atom. The second kappa shape index (κ2) is 5.89. The van der Waals surface area contributed by atoms with Crippen molar-refractivity contribution in [2.75, 3.05) is 11.2 Å². The molecule has 0 bridgehead atoms. The second-order valence-electron chi connectivity index (χ2n) is 4.69. The van der Waals surface area contributed by atoms with Crippen molar-refractivity contribution in [1.29, 1.82) is 0 Å². The van der Waals surface area contributed by atoms with Gasteiger partial charge in [0, 0.05) is 10.6 Å². The topological polar surface area (TPSA) is 55.9 Å². The summed E-state index contributed by atoms with van der Waals surface area (Å²) >= 11 is 5.97. The highest BCUT2D eigenvalue weighted by Gasteiger charge is 2.06. The van der Waals surface area contributed by atoms with Crippen LogP contribution >= 0.6 is 11.6 Å². The van der Waals surface area contributed by atoms with Crippen LogP contribution in [0.2, 0.25) is 5.02 Å². The van der Waals surface area contributed by atoms with Crippen LogP contribution in [-0.4, -0.2) is 9.66 Å². The molecular formula is C16H15ClN4. The highest BCUT2D eigenvalue weighted by molar-refractivity contribution is 6.30. The van der Waals surface area contributed by atoms with Crippen molar-refractivity contribution in [3.63, 3.8) is 0 Å². The fourth-order valence-corrected chi connectivity index (χ4v) is 2.31. The zero-order chi connectivity index (χ0) is 14.7. The van der Waals surface area contributed by atoms with Gasteiger partial charge in [0.2, 0.25) is 5.95 Å². The first-order valence-corrected chi connectivity index (χ1v) is 6.99. The lowest BCUT2D eigenvalue weighted by Gasteiger charge is -2.08. The number of nitrogens with two attached hydrogens (primary N) is 1. The number of benzene rings is 2. The number of hydrogen-bond donors (Lipinski definition) is 2.